The Balaban J connectivity index is 1.25. The molecule has 8 rings (SSSR count). The summed E-state index contributed by atoms with van der Waals surface area (Å²) in [6.45, 7) is 0. The Hall–Kier alpha value is -3.73. The maximum absolute atomic E-state index is 13.8. The average molecular weight is 463 g/mol. The van der Waals surface area contributed by atoms with Crippen molar-refractivity contribution < 1.29 is 14.4 Å². The maximum atomic E-state index is 13.8. The van der Waals surface area contributed by atoms with Gasteiger partial charge in [-0.3, -0.25) is 19.3 Å². The fraction of sp³-hybridized carbons (Fsp3) is 0.300. The van der Waals surface area contributed by atoms with Gasteiger partial charge in [0, 0.05) is 17.5 Å². The van der Waals surface area contributed by atoms with Crippen LogP contribution < -0.4 is 5.32 Å². The number of rotatable bonds is 5. The lowest BCUT2D eigenvalue weighted by molar-refractivity contribution is -0.146. The molecule has 35 heavy (non-hydrogen) atoms. The Labute approximate surface area is 203 Å². The summed E-state index contributed by atoms with van der Waals surface area (Å²) in [5.41, 5.74) is 1.61. The van der Waals surface area contributed by atoms with Crippen molar-refractivity contribution in [3.05, 3.63) is 90.5 Å². The smallest absolute Gasteiger partial charge is 0.248 e. The molecule has 3 aromatic rings. The van der Waals surface area contributed by atoms with Crippen molar-refractivity contribution in [2.75, 3.05) is 5.32 Å². The zero-order chi connectivity index (χ0) is 23.7. The van der Waals surface area contributed by atoms with Crippen LogP contribution in [-0.2, 0) is 20.8 Å². The molecule has 5 heteroatoms. The molecule has 1 aliphatic heterocycles. The molecule has 1 saturated heterocycles. The Morgan fingerprint density at radius 2 is 1.46 bits per heavy atom. The van der Waals surface area contributed by atoms with Crippen LogP contribution in [0.3, 0.4) is 0 Å². The van der Waals surface area contributed by atoms with E-state index in [0.29, 0.717) is 23.9 Å². The number of hydrogen-bond donors (Lipinski definition) is 1. The second-order valence-corrected chi connectivity index (χ2v) is 10.4. The van der Waals surface area contributed by atoms with Crippen LogP contribution in [0.4, 0.5) is 5.69 Å². The highest BCUT2D eigenvalue weighted by Gasteiger charge is 2.67. The molecule has 0 aromatic heterocycles. The summed E-state index contributed by atoms with van der Waals surface area (Å²) in [4.78, 5) is 42.7. The molecule has 5 aliphatic rings. The van der Waals surface area contributed by atoms with Crippen LogP contribution in [0, 0.1) is 35.5 Å². The molecule has 5 nitrogen and oxygen atoms in total. The summed E-state index contributed by atoms with van der Waals surface area (Å²) in [6, 6.07) is 22.4. The van der Waals surface area contributed by atoms with E-state index < -0.39 is 6.04 Å². The third-order valence-electron chi connectivity index (χ3n) is 8.63. The summed E-state index contributed by atoms with van der Waals surface area (Å²) in [5.74, 6) is 0.0353. The molecule has 3 aromatic carbocycles. The molecule has 2 saturated carbocycles. The number of carbonyl (C=O) groups excluding carboxylic acids is 3. The lowest BCUT2D eigenvalue weighted by Gasteiger charge is -2.37. The highest BCUT2D eigenvalue weighted by atomic mass is 16.2. The molecule has 2 bridgehead atoms. The Bertz CT molecular complexity index is 1360. The predicted molar refractivity (Wildman–Crippen MR) is 133 cm³/mol. The number of anilines is 1. The van der Waals surface area contributed by atoms with Gasteiger partial charge in [-0.2, -0.15) is 0 Å². The molecule has 4 aliphatic carbocycles. The summed E-state index contributed by atoms with van der Waals surface area (Å²) < 4.78 is 0. The molecule has 1 N–H and O–H groups in total. The minimum atomic E-state index is -0.891. The quantitative estimate of drug-likeness (QED) is 0.450. The monoisotopic (exact) mass is 462 g/mol. The number of amides is 3. The zero-order valence-corrected chi connectivity index (χ0v) is 19.2. The van der Waals surface area contributed by atoms with Gasteiger partial charge < -0.3 is 5.32 Å². The first-order chi connectivity index (χ1) is 17.1. The first-order valence-electron chi connectivity index (χ1n) is 12.5. The van der Waals surface area contributed by atoms with Gasteiger partial charge in [-0.1, -0.05) is 78.9 Å². The molecule has 0 spiro atoms. The van der Waals surface area contributed by atoms with Crippen LogP contribution in [0.2, 0.25) is 0 Å². The van der Waals surface area contributed by atoms with E-state index in [1.54, 1.807) is 0 Å². The van der Waals surface area contributed by atoms with E-state index in [9.17, 15) is 14.4 Å². The Kier molecular flexibility index (Phi) is 4.50. The van der Waals surface area contributed by atoms with E-state index in [0.717, 1.165) is 22.8 Å². The van der Waals surface area contributed by atoms with E-state index in [4.69, 9.17) is 0 Å². The molecule has 3 amide bonds. The van der Waals surface area contributed by atoms with Crippen molar-refractivity contribution in [2.24, 2.45) is 35.5 Å². The third-order valence-corrected chi connectivity index (χ3v) is 8.63. The minimum absolute atomic E-state index is 0.134. The van der Waals surface area contributed by atoms with Gasteiger partial charge in [0.05, 0.1) is 11.8 Å². The minimum Gasteiger partial charge on any atom is -0.324 e. The molecule has 7 atom stereocenters. The number of carbonyl (C=O) groups is 3. The molecule has 0 radical (unpaired) electrons. The molecular weight excluding hydrogens is 436 g/mol. The first kappa shape index (κ1) is 20.6. The second kappa shape index (κ2) is 7.64. The summed E-state index contributed by atoms with van der Waals surface area (Å²) in [6.07, 6.45) is 5.74. The van der Waals surface area contributed by atoms with E-state index in [-0.39, 0.29) is 41.4 Å². The van der Waals surface area contributed by atoms with Crippen molar-refractivity contribution in [1.82, 2.24) is 4.90 Å². The number of nitrogens with one attached hydrogen (secondary N) is 1. The lowest BCUT2D eigenvalue weighted by Crippen LogP contribution is -2.49. The third kappa shape index (κ3) is 3.10. The van der Waals surface area contributed by atoms with Gasteiger partial charge in [0.1, 0.15) is 6.04 Å². The van der Waals surface area contributed by atoms with Crippen molar-refractivity contribution in [2.45, 2.75) is 18.9 Å². The predicted octanol–water partition coefficient (Wildman–Crippen LogP) is 4.44. The number of imide groups is 1. The van der Waals surface area contributed by atoms with Gasteiger partial charge in [0.25, 0.3) is 0 Å². The summed E-state index contributed by atoms with van der Waals surface area (Å²) in [7, 11) is 0. The van der Waals surface area contributed by atoms with Gasteiger partial charge in [-0.25, -0.2) is 0 Å². The average Bonchev–Trinajstić information content (AvgIpc) is 3.67. The molecule has 3 fully saturated rings. The van der Waals surface area contributed by atoms with Crippen LogP contribution in [0.1, 0.15) is 12.0 Å². The number of fused-ring (bicyclic) bond motifs is 1. The van der Waals surface area contributed by atoms with Crippen molar-refractivity contribution in [1.29, 1.82) is 0 Å². The van der Waals surface area contributed by atoms with Crippen LogP contribution in [0.5, 0.6) is 0 Å². The van der Waals surface area contributed by atoms with Gasteiger partial charge in [-0.15, -0.1) is 0 Å². The normalized spacial score (nSPS) is 30.8. The zero-order valence-electron chi connectivity index (χ0n) is 19.2. The number of nitrogens with zero attached hydrogens (tertiary/aromatic N) is 1. The highest BCUT2D eigenvalue weighted by Crippen LogP contribution is 2.65. The summed E-state index contributed by atoms with van der Waals surface area (Å²) in [5, 5.41) is 5.01. The van der Waals surface area contributed by atoms with E-state index in [1.807, 2.05) is 72.8 Å². The van der Waals surface area contributed by atoms with Gasteiger partial charge in [0.15, 0.2) is 0 Å². The van der Waals surface area contributed by atoms with Crippen molar-refractivity contribution >= 4 is 34.2 Å². The van der Waals surface area contributed by atoms with E-state index in [1.165, 1.54) is 4.90 Å². The second-order valence-electron chi connectivity index (χ2n) is 10.4. The summed E-state index contributed by atoms with van der Waals surface area (Å²) >= 11 is 0. The molecule has 0 unspecified atom stereocenters. The fourth-order valence-electron chi connectivity index (χ4n) is 6.98. The SMILES string of the molecule is O=C(Nc1cccc2ccccc12)[C@@H](Cc1ccccc1)N1C(=O)[C@@H]2[C@@H]3C=C[C@H]([C@H]4C[C@H]34)[C@@H]2C1=O. The maximum Gasteiger partial charge on any atom is 0.248 e. The molecule has 174 valence electrons. The van der Waals surface area contributed by atoms with Gasteiger partial charge >= 0.3 is 0 Å². The number of likely N-dealkylation sites (tertiary alicyclic amines) is 1. The van der Waals surface area contributed by atoms with Crippen LogP contribution in [0.25, 0.3) is 10.8 Å². The molecule has 1 heterocycles. The van der Waals surface area contributed by atoms with Gasteiger partial charge in [0.2, 0.25) is 17.7 Å². The Morgan fingerprint density at radius 1 is 0.829 bits per heavy atom. The Morgan fingerprint density at radius 3 is 2.17 bits per heavy atom. The lowest BCUT2D eigenvalue weighted by atomic mass is 9.63. The number of benzene rings is 3. The first-order valence-corrected chi connectivity index (χ1v) is 12.5. The van der Waals surface area contributed by atoms with Crippen molar-refractivity contribution in [3.8, 4) is 0 Å². The topological polar surface area (TPSA) is 66.5 Å². The number of hydrogen-bond acceptors (Lipinski definition) is 3. The van der Waals surface area contributed by atoms with Gasteiger partial charge in [-0.05, 0) is 47.1 Å². The standard InChI is InChI=1S/C30H26N2O3/c33-28(31-24-12-6-10-18-9-4-5-11-19(18)24)25(15-17-7-2-1-3-8-17)32-29(34)26-20-13-14-21(23-16-22(20)23)27(26)30(32)35/h1-14,20-23,25-27H,15-16H2,(H,31,33)/t20-,21-,22-,23-,25-,26-,27+/m1/s1. The molecular formula is C30H26N2O3. The fourth-order valence-corrected chi connectivity index (χ4v) is 6.98. The van der Waals surface area contributed by atoms with Crippen LogP contribution >= 0.6 is 0 Å². The number of allylic oxidation sites excluding steroid dienone is 2. The largest absolute Gasteiger partial charge is 0.324 e. The van der Waals surface area contributed by atoms with Crippen molar-refractivity contribution in [3.63, 3.8) is 0 Å². The van der Waals surface area contributed by atoms with Crippen LogP contribution in [-0.4, -0.2) is 28.7 Å². The van der Waals surface area contributed by atoms with E-state index >= 15 is 0 Å². The van der Waals surface area contributed by atoms with E-state index in [2.05, 4.69) is 17.5 Å². The van der Waals surface area contributed by atoms with Crippen LogP contribution in [0.15, 0.2) is 84.9 Å². The highest BCUT2D eigenvalue weighted by molar-refractivity contribution is 6.12.